The fourth-order valence-electron chi connectivity index (χ4n) is 3.26. The lowest BCUT2D eigenvalue weighted by atomic mass is 10.1. The van der Waals surface area contributed by atoms with Crippen molar-refractivity contribution in [3.05, 3.63) is 88.7 Å². The summed E-state index contributed by atoms with van der Waals surface area (Å²) in [4.78, 5) is 12.8. The third kappa shape index (κ3) is 6.96. The predicted octanol–water partition coefficient (Wildman–Crippen LogP) is 5.42. The number of hydrogen-bond donors (Lipinski definition) is 2. The molecule has 3 rings (SSSR count). The van der Waals surface area contributed by atoms with Crippen molar-refractivity contribution < 1.29 is 35.5 Å². The SMILES string of the molecule is CCOc1ccc(S(=O)(=O)N[C@@H](Cc2ccccc2)C(=O)Nc2ccc(F)c(C(F)(F)F)c2)cc1Cl. The van der Waals surface area contributed by atoms with Crippen molar-refractivity contribution in [2.24, 2.45) is 0 Å². The fraction of sp³-hybridized carbons (Fsp3) is 0.208. The van der Waals surface area contributed by atoms with E-state index in [1.807, 2.05) is 0 Å². The minimum atomic E-state index is -4.98. The first-order valence-electron chi connectivity index (χ1n) is 10.6. The van der Waals surface area contributed by atoms with E-state index in [2.05, 4.69) is 10.0 Å². The second-order valence-corrected chi connectivity index (χ2v) is 9.69. The summed E-state index contributed by atoms with van der Waals surface area (Å²) in [5.74, 6) is -2.18. The average Bonchev–Trinajstić information content (AvgIpc) is 2.81. The summed E-state index contributed by atoms with van der Waals surface area (Å²) < 4.78 is 86.5. The van der Waals surface area contributed by atoms with Crippen LogP contribution in [0.2, 0.25) is 5.02 Å². The molecule has 1 amide bonds. The smallest absolute Gasteiger partial charge is 0.419 e. The molecule has 0 spiro atoms. The molecular weight excluding hydrogens is 524 g/mol. The fourth-order valence-corrected chi connectivity index (χ4v) is 4.78. The number of ether oxygens (including phenoxy) is 1. The maximum atomic E-state index is 13.6. The van der Waals surface area contributed by atoms with Crippen LogP contribution in [-0.2, 0) is 27.4 Å². The lowest BCUT2D eigenvalue weighted by Crippen LogP contribution is -2.45. The Morgan fingerprint density at radius 1 is 1.06 bits per heavy atom. The van der Waals surface area contributed by atoms with Gasteiger partial charge in [0.15, 0.2) is 0 Å². The van der Waals surface area contributed by atoms with Crippen molar-refractivity contribution in [3.63, 3.8) is 0 Å². The predicted molar refractivity (Wildman–Crippen MR) is 127 cm³/mol. The Morgan fingerprint density at radius 3 is 2.36 bits per heavy atom. The first-order chi connectivity index (χ1) is 16.9. The normalized spacial score (nSPS) is 12.7. The molecule has 2 N–H and O–H groups in total. The van der Waals surface area contributed by atoms with Crippen LogP contribution in [0.15, 0.2) is 71.6 Å². The van der Waals surface area contributed by atoms with Gasteiger partial charge in [0, 0.05) is 5.69 Å². The molecule has 0 aromatic heterocycles. The third-order valence-electron chi connectivity index (χ3n) is 4.95. The van der Waals surface area contributed by atoms with Crippen molar-refractivity contribution in [2.45, 2.75) is 30.5 Å². The Bertz CT molecular complexity index is 1340. The Hall–Kier alpha value is -3.15. The number of sulfonamides is 1. The number of rotatable bonds is 9. The molecule has 0 saturated heterocycles. The van der Waals surface area contributed by atoms with Crippen LogP contribution in [0.4, 0.5) is 23.2 Å². The molecule has 6 nitrogen and oxygen atoms in total. The van der Waals surface area contributed by atoms with Crippen LogP contribution in [0.1, 0.15) is 18.1 Å². The Labute approximate surface area is 210 Å². The van der Waals surface area contributed by atoms with Crippen molar-refractivity contribution in [2.75, 3.05) is 11.9 Å². The molecule has 0 aliphatic rings. The highest BCUT2D eigenvalue weighted by Crippen LogP contribution is 2.33. The van der Waals surface area contributed by atoms with Crippen molar-refractivity contribution in [1.29, 1.82) is 0 Å². The molecule has 3 aromatic carbocycles. The van der Waals surface area contributed by atoms with Crippen LogP contribution in [-0.4, -0.2) is 27.0 Å². The minimum absolute atomic E-state index is 0.0368. The maximum Gasteiger partial charge on any atom is 0.419 e. The number of hydrogen-bond acceptors (Lipinski definition) is 4. The zero-order valence-corrected chi connectivity index (χ0v) is 20.3. The Kier molecular flexibility index (Phi) is 8.59. The van der Waals surface area contributed by atoms with E-state index in [1.165, 1.54) is 12.1 Å². The van der Waals surface area contributed by atoms with Crippen LogP contribution >= 0.6 is 11.6 Å². The molecule has 1 atom stereocenters. The third-order valence-corrected chi connectivity index (χ3v) is 6.71. The van der Waals surface area contributed by atoms with Crippen molar-refractivity contribution >= 4 is 33.2 Å². The quantitative estimate of drug-likeness (QED) is 0.352. The first kappa shape index (κ1) is 27.4. The average molecular weight is 545 g/mol. The van der Waals surface area contributed by atoms with Gasteiger partial charge in [-0.05, 0) is 55.3 Å². The number of amides is 1. The molecule has 192 valence electrons. The molecule has 0 heterocycles. The van der Waals surface area contributed by atoms with Gasteiger partial charge >= 0.3 is 6.18 Å². The van der Waals surface area contributed by atoms with E-state index in [4.69, 9.17) is 16.3 Å². The molecule has 0 aliphatic carbocycles. The van der Waals surface area contributed by atoms with E-state index in [0.717, 1.165) is 12.1 Å². The molecule has 3 aromatic rings. The van der Waals surface area contributed by atoms with E-state index in [1.54, 1.807) is 37.3 Å². The van der Waals surface area contributed by atoms with Gasteiger partial charge in [-0.15, -0.1) is 0 Å². The van der Waals surface area contributed by atoms with E-state index in [0.29, 0.717) is 24.3 Å². The Balaban J connectivity index is 1.90. The van der Waals surface area contributed by atoms with Gasteiger partial charge in [0.25, 0.3) is 0 Å². The molecule has 0 aliphatic heterocycles. The number of anilines is 1. The van der Waals surface area contributed by atoms with E-state index >= 15 is 0 Å². The highest BCUT2D eigenvalue weighted by Gasteiger charge is 2.35. The zero-order valence-electron chi connectivity index (χ0n) is 18.8. The van der Waals surface area contributed by atoms with E-state index in [9.17, 15) is 30.8 Å². The van der Waals surface area contributed by atoms with Crippen LogP contribution < -0.4 is 14.8 Å². The molecule has 0 radical (unpaired) electrons. The lowest BCUT2D eigenvalue weighted by molar-refractivity contribution is -0.140. The molecule has 0 unspecified atom stereocenters. The largest absolute Gasteiger partial charge is 0.492 e. The summed E-state index contributed by atoms with van der Waals surface area (Å²) in [5.41, 5.74) is -1.33. The van der Waals surface area contributed by atoms with Crippen molar-refractivity contribution in [1.82, 2.24) is 4.72 Å². The highest BCUT2D eigenvalue weighted by atomic mass is 35.5. The second kappa shape index (κ2) is 11.3. The van der Waals surface area contributed by atoms with Gasteiger partial charge < -0.3 is 10.1 Å². The molecule has 36 heavy (non-hydrogen) atoms. The topological polar surface area (TPSA) is 84.5 Å². The minimum Gasteiger partial charge on any atom is -0.492 e. The summed E-state index contributed by atoms with van der Waals surface area (Å²) in [7, 11) is -4.30. The molecular formula is C24H21ClF4N2O4S. The van der Waals surface area contributed by atoms with Gasteiger partial charge in [0.2, 0.25) is 15.9 Å². The number of benzene rings is 3. The number of carbonyl (C=O) groups excluding carboxylic acids is 1. The van der Waals surface area contributed by atoms with E-state index in [-0.39, 0.29) is 27.8 Å². The van der Waals surface area contributed by atoms with E-state index < -0.39 is 39.5 Å². The maximum absolute atomic E-state index is 13.6. The first-order valence-corrected chi connectivity index (χ1v) is 12.4. The number of halogens is 5. The summed E-state index contributed by atoms with van der Waals surface area (Å²) in [5, 5.41) is 2.27. The van der Waals surface area contributed by atoms with Gasteiger partial charge in [0.05, 0.1) is 22.1 Å². The standard InChI is InChI=1S/C24H21ClF4N2O4S/c1-2-35-22-11-9-17(14-19(22)25)36(33,34)31-21(12-15-6-4-3-5-7-15)23(32)30-16-8-10-20(26)18(13-16)24(27,28)29/h3-11,13-14,21,31H,2,12H2,1H3,(H,30,32)/t21-/m0/s1. The zero-order chi connectivity index (χ0) is 26.5. The summed E-state index contributed by atoms with van der Waals surface area (Å²) >= 11 is 6.10. The second-order valence-electron chi connectivity index (χ2n) is 7.57. The monoisotopic (exact) mass is 544 g/mol. The molecule has 0 bridgehead atoms. The van der Waals surface area contributed by atoms with Gasteiger partial charge in [-0.25, -0.2) is 12.8 Å². The van der Waals surface area contributed by atoms with Crippen LogP contribution in [0.5, 0.6) is 5.75 Å². The number of nitrogens with one attached hydrogen (secondary N) is 2. The van der Waals surface area contributed by atoms with Crippen molar-refractivity contribution in [3.8, 4) is 5.75 Å². The molecule has 0 saturated carbocycles. The van der Waals surface area contributed by atoms with Gasteiger partial charge in [-0.1, -0.05) is 41.9 Å². The van der Waals surface area contributed by atoms with Gasteiger partial charge in [-0.2, -0.15) is 17.9 Å². The summed E-state index contributed by atoms with van der Waals surface area (Å²) in [6.45, 7) is 2.04. The van der Waals surface area contributed by atoms with Crippen LogP contribution in [0.3, 0.4) is 0 Å². The van der Waals surface area contributed by atoms with Gasteiger partial charge in [0.1, 0.15) is 17.6 Å². The molecule has 0 fully saturated rings. The summed E-state index contributed by atoms with van der Waals surface area (Å²) in [6.07, 6.45) is -5.10. The van der Waals surface area contributed by atoms with Crippen LogP contribution in [0.25, 0.3) is 0 Å². The highest BCUT2D eigenvalue weighted by molar-refractivity contribution is 7.89. The number of alkyl halides is 3. The Morgan fingerprint density at radius 2 is 1.75 bits per heavy atom. The van der Waals surface area contributed by atoms with Gasteiger partial charge in [-0.3, -0.25) is 4.79 Å². The summed E-state index contributed by atoms with van der Waals surface area (Å²) in [6, 6.07) is 12.7. The molecule has 12 heteroatoms. The lowest BCUT2D eigenvalue weighted by Gasteiger charge is -2.20. The van der Waals surface area contributed by atoms with Crippen LogP contribution in [0, 0.1) is 5.82 Å². The number of carbonyl (C=O) groups is 1.